The van der Waals surface area contributed by atoms with E-state index in [0.29, 0.717) is 10.7 Å². The Balaban J connectivity index is 1.75. The van der Waals surface area contributed by atoms with Gasteiger partial charge in [0.15, 0.2) is 0 Å². The summed E-state index contributed by atoms with van der Waals surface area (Å²) in [6.07, 6.45) is 1.46. The van der Waals surface area contributed by atoms with Crippen molar-refractivity contribution in [3.63, 3.8) is 0 Å². The Morgan fingerprint density at radius 2 is 2.04 bits per heavy atom. The lowest BCUT2D eigenvalue weighted by Crippen LogP contribution is -2.22. The fraction of sp³-hybridized carbons (Fsp3) is 0.118. The summed E-state index contributed by atoms with van der Waals surface area (Å²) in [6, 6.07) is 11.4. The van der Waals surface area contributed by atoms with Crippen molar-refractivity contribution in [2.75, 3.05) is 5.32 Å². The first-order valence-electron chi connectivity index (χ1n) is 7.57. The number of benzene rings is 2. The zero-order valence-corrected chi connectivity index (χ0v) is 15.1. The first-order chi connectivity index (χ1) is 12.5. The molecule has 1 aromatic heterocycles. The summed E-state index contributed by atoms with van der Waals surface area (Å²) in [4.78, 5) is 31.1. The van der Waals surface area contributed by atoms with Gasteiger partial charge in [-0.15, -0.1) is 0 Å². The van der Waals surface area contributed by atoms with E-state index >= 15 is 0 Å². The minimum atomic E-state index is -0.545. The Morgan fingerprint density at radius 3 is 2.77 bits per heavy atom. The largest absolute Gasteiger partial charge is 0.324 e. The molecule has 26 heavy (non-hydrogen) atoms. The molecule has 2 aromatic carbocycles. The van der Waals surface area contributed by atoms with E-state index in [2.05, 4.69) is 15.3 Å². The molecule has 0 aliphatic rings. The number of aromatic nitrogens is 2. The van der Waals surface area contributed by atoms with Gasteiger partial charge in [-0.1, -0.05) is 41.6 Å². The van der Waals surface area contributed by atoms with E-state index in [9.17, 15) is 14.9 Å². The second-order valence-electron chi connectivity index (χ2n) is 5.37. The van der Waals surface area contributed by atoms with Crippen LogP contribution < -0.4 is 5.32 Å². The normalized spacial score (nSPS) is 11.9. The Hall–Kier alpha value is -2.71. The third-order valence-corrected chi connectivity index (χ3v) is 5.01. The maximum absolute atomic E-state index is 12.5. The first-order valence-corrected chi connectivity index (χ1v) is 8.82. The first kappa shape index (κ1) is 18.1. The van der Waals surface area contributed by atoms with Crippen molar-refractivity contribution in [2.24, 2.45) is 0 Å². The molecule has 0 radical (unpaired) electrons. The van der Waals surface area contributed by atoms with E-state index < -0.39 is 10.2 Å². The van der Waals surface area contributed by atoms with Crippen LogP contribution >= 0.6 is 23.4 Å². The summed E-state index contributed by atoms with van der Waals surface area (Å²) in [5.74, 6) is -0.284. The third-order valence-electron chi connectivity index (χ3n) is 3.59. The minimum Gasteiger partial charge on any atom is -0.324 e. The number of thioether (sulfide) groups is 1. The standard InChI is InChI=1S/C17H13ClN4O3S/c1-10(26-17-12-4-2-3-5-14(12)19-9-20-17)16(23)21-15-7-6-11(22(24)25)8-13(15)18/h2-10H,1H3,(H,21,23)/t10-/m1/s1. The lowest BCUT2D eigenvalue weighted by molar-refractivity contribution is -0.384. The maximum atomic E-state index is 12.5. The summed E-state index contributed by atoms with van der Waals surface area (Å²) < 4.78 is 0. The van der Waals surface area contributed by atoms with Gasteiger partial charge in [0.05, 0.1) is 26.4 Å². The number of non-ortho nitro benzene ring substituents is 1. The molecule has 7 nitrogen and oxygen atoms in total. The monoisotopic (exact) mass is 388 g/mol. The number of nitrogens with zero attached hydrogens (tertiary/aromatic N) is 3. The molecule has 0 saturated carbocycles. The summed E-state index contributed by atoms with van der Waals surface area (Å²) >= 11 is 7.31. The maximum Gasteiger partial charge on any atom is 0.271 e. The number of hydrogen-bond donors (Lipinski definition) is 1. The molecule has 9 heteroatoms. The molecule has 3 aromatic rings. The van der Waals surface area contributed by atoms with Crippen LogP contribution in [0.4, 0.5) is 11.4 Å². The van der Waals surface area contributed by atoms with Gasteiger partial charge in [-0.2, -0.15) is 0 Å². The van der Waals surface area contributed by atoms with Crippen LogP contribution in [0.3, 0.4) is 0 Å². The van der Waals surface area contributed by atoms with Gasteiger partial charge in [-0.25, -0.2) is 9.97 Å². The van der Waals surface area contributed by atoms with E-state index in [0.717, 1.165) is 10.9 Å². The van der Waals surface area contributed by atoms with Crippen LogP contribution in [0.1, 0.15) is 6.92 Å². The van der Waals surface area contributed by atoms with Crippen molar-refractivity contribution in [2.45, 2.75) is 17.2 Å². The van der Waals surface area contributed by atoms with Gasteiger partial charge in [0.2, 0.25) is 5.91 Å². The second-order valence-corrected chi connectivity index (χ2v) is 7.10. The summed E-state index contributed by atoms with van der Waals surface area (Å²) in [5.41, 5.74) is 0.987. The van der Waals surface area contributed by atoms with Crippen molar-refractivity contribution >= 4 is 51.5 Å². The van der Waals surface area contributed by atoms with Gasteiger partial charge in [0.1, 0.15) is 11.4 Å². The molecule has 1 heterocycles. The fourth-order valence-electron chi connectivity index (χ4n) is 2.25. The zero-order chi connectivity index (χ0) is 18.7. The van der Waals surface area contributed by atoms with Crippen molar-refractivity contribution in [3.05, 3.63) is 63.9 Å². The van der Waals surface area contributed by atoms with E-state index in [1.54, 1.807) is 6.92 Å². The Labute approximate surface area is 157 Å². The third kappa shape index (κ3) is 3.92. The quantitative estimate of drug-likeness (QED) is 0.302. The van der Waals surface area contributed by atoms with E-state index in [-0.39, 0.29) is 16.6 Å². The van der Waals surface area contributed by atoms with Crippen LogP contribution in [0.5, 0.6) is 0 Å². The number of fused-ring (bicyclic) bond motifs is 1. The highest BCUT2D eigenvalue weighted by molar-refractivity contribution is 8.00. The molecule has 3 rings (SSSR count). The summed E-state index contributed by atoms with van der Waals surface area (Å²) in [5, 5.41) is 14.7. The predicted octanol–water partition coefficient (Wildman–Crippen LogP) is 4.31. The number of rotatable bonds is 5. The molecule has 0 saturated heterocycles. The van der Waals surface area contributed by atoms with Crippen LogP contribution in [-0.4, -0.2) is 26.0 Å². The van der Waals surface area contributed by atoms with Gasteiger partial charge < -0.3 is 5.32 Å². The molecular formula is C17H13ClN4O3S. The number of halogens is 1. The van der Waals surface area contributed by atoms with Crippen LogP contribution in [0.15, 0.2) is 53.8 Å². The minimum absolute atomic E-state index is 0.109. The molecule has 0 fully saturated rings. The number of carbonyl (C=O) groups is 1. The van der Waals surface area contributed by atoms with E-state index in [4.69, 9.17) is 11.6 Å². The van der Waals surface area contributed by atoms with Gasteiger partial charge in [-0.3, -0.25) is 14.9 Å². The van der Waals surface area contributed by atoms with Gasteiger partial charge >= 0.3 is 0 Å². The molecule has 0 spiro atoms. The van der Waals surface area contributed by atoms with Gasteiger partial charge in [0, 0.05) is 17.5 Å². The number of anilines is 1. The van der Waals surface area contributed by atoms with Crippen molar-refractivity contribution in [1.82, 2.24) is 9.97 Å². The lowest BCUT2D eigenvalue weighted by atomic mass is 10.2. The number of nitro benzene ring substituents is 1. The SMILES string of the molecule is C[C@@H](Sc1ncnc2ccccc12)C(=O)Nc1ccc([N+](=O)[O-])cc1Cl. The average Bonchev–Trinajstić information content (AvgIpc) is 2.63. The van der Waals surface area contributed by atoms with E-state index in [1.807, 2.05) is 24.3 Å². The zero-order valence-electron chi connectivity index (χ0n) is 13.5. The molecule has 1 N–H and O–H groups in total. The second kappa shape index (κ2) is 7.67. The molecule has 1 amide bonds. The van der Waals surface area contributed by atoms with Crippen LogP contribution in [0, 0.1) is 10.1 Å². The summed E-state index contributed by atoms with van der Waals surface area (Å²) in [7, 11) is 0. The highest BCUT2D eigenvalue weighted by atomic mass is 35.5. The molecule has 132 valence electrons. The van der Waals surface area contributed by atoms with Gasteiger partial charge in [-0.05, 0) is 19.1 Å². The predicted molar refractivity (Wildman–Crippen MR) is 102 cm³/mol. The Bertz CT molecular complexity index is 993. The highest BCUT2D eigenvalue weighted by Gasteiger charge is 2.19. The number of nitro groups is 1. The number of carbonyl (C=O) groups excluding carboxylic acids is 1. The Kier molecular flexibility index (Phi) is 5.34. The smallest absolute Gasteiger partial charge is 0.271 e. The topological polar surface area (TPSA) is 98.0 Å². The van der Waals surface area contributed by atoms with Gasteiger partial charge in [0.25, 0.3) is 5.69 Å². The molecule has 1 atom stereocenters. The van der Waals surface area contributed by atoms with E-state index in [1.165, 1.54) is 36.3 Å². The van der Waals surface area contributed by atoms with Crippen LogP contribution in [0.25, 0.3) is 10.9 Å². The highest BCUT2D eigenvalue weighted by Crippen LogP contribution is 2.30. The number of hydrogen-bond acceptors (Lipinski definition) is 6. The molecule has 0 bridgehead atoms. The Morgan fingerprint density at radius 1 is 1.27 bits per heavy atom. The number of nitrogens with one attached hydrogen (secondary N) is 1. The molecular weight excluding hydrogens is 376 g/mol. The number of para-hydroxylation sites is 1. The lowest BCUT2D eigenvalue weighted by Gasteiger charge is -2.13. The molecule has 0 aliphatic carbocycles. The van der Waals surface area contributed by atoms with Crippen LogP contribution in [0.2, 0.25) is 5.02 Å². The fourth-order valence-corrected chi connectivity index (χ4v) is 3.38. The van der Waals surface area contributed by atoms with Crippen molar-refractivity contribution < 1.29 is 9.72 Å². The van der Waals surface area contributed by atoms with Crippen molar-refractivity contribution in [1.29, 1.82) is 0 Å². The van der Waals surface area contributed by atoms with Crippen LogP contribution in [-0.2, 0) is 4.79 Å². The number of amides is 1. The summed E-state index contributed by atoms with van der Waals surface area (Å²) in [6.45, 7) is 1.75. The molecule has 0 unspecified atom stereocenters. The molecule has 0 aliphatic heterocycles. The average molecular weight is 389 g/mol. The van der Waals surface area contributed by atoms with Crippen molar-refractivity contribution in [3.8, 4) is 0 Å².